The summed E-state index contributed by atoms with van der Waals surface area (Å²) in [5, 5.41) is 0. The van der Waals surface area contributed by atoms with Crippen LogP contribution in [0, 0.1) is 11.3 Å². The molecular formula is C14H27N3O. The summed E-state index contributed by atoms with van der Waals surface area (Å²) in [5.41, 5.74) is 5.78. The van der Waals surface area contributed by atoms with Gasteiger partial charge in [0.2, 0.25) is 0 Å². The maximum atomic E-state index is 12.3. The number of likely N-dealkylation sites (N-methyl/N-ethyl adjacent to an activating group) is 1. The van der Waals surface area contributed by atoms with Crippen LogP contribution in [0.15, 0.2) is 0 Å². The second kappa shape index (κ2) is 5.08. The Labute approximate surface area is 110 Å². The Morgan fingerprint density at radius 3 is 2.50 bits per heavy atom. The summed E-state index contributed by atoms with van der Waals surface area (Å²) in [4.78, 5) is 16.2. The number of carbonyl (C=O) groups excluding carboxylic acids is 1. The van der Waals surface area contributed by atoms with E-state index in [9.17, 15) is 4.79 Å². The molecule has 2 fully saturated rings. The first-order valence-corrected chi connectivity index (χ1v) is 7.16. The molecule has 104 valence electrons. The number of nitrogens with two attached hydrogens (primary N) is 1. The molecule has 4 heteroatoms. The SMILES string of the molecule is CN1C(=O)N(CC(C)(C)CN)CC1C1CCCC1. The van der Waals surface area contributed by atoms with Gasteiger partial charge >= 0.3 is 6.03 Å². The molecule has 18 heavy (non-hydrogen) atoms. The molecule has 0 aromatic heterocycles. The number of hydrogen-bond donors (Lipinski definition) is 1. The van der Waals surface area contributed by atoms with Crippen LogP contribution < -0.4 is 5.73 Å². The average Bonchev–Trinajstić information content (AvgIpc) is 2.93. The van der Waals surface area contributed by atoms with Crippen molar-refractivity contribution in [3.63, 3.8) is 0 Å². The highest BCUT2D eigenvalue weighted by molar-refractivity contribution is 5.77. The standard InChI is InChI=1S/C14H27N3O/c1-14(2,9-15)10-17-8-12(16(3)13(17)18)11-6-4-5-7-11/h11-12H,4-10,15H2,1-3H3. The third-order valence-electron chi connectivity index (χ3n) is 4.59. The highest BCUT2D eigenvalue weighted by Crippen LogP contribution is 2.34. The Morgan fingerprint density at radius 2 is 1.94 bits per heavy atom. The van der Waals surface area contributed by atoms with Crippen molar-refractivity contribution < 1.29 is 4.79 Å². The molecule has 0 aromatic rings. The van der Waals surface area contributed by atoms with Gasteiger partial charge in [0.15, 0.2) is 0 Å². The summed E-state index contributed by atoms with van der Waals surface area (Å²) in [6.07, 6.45) is 5.24. The van der Waals surface area contributed by atoms with Gasteiger partial charge in [-0.15, -0.1) is 0 Å². The van der Waals surface area contributed by atoms with Crippen LogP contribution in [0.4, 0.5) is 4.79 Å². The number of rotatable bonds is 4. The van der Waals surface area contributed by atoms with E-state index in [0.717, 1.165) is 13.1 Å². The van der Waals surface area contributed by atoms with Crippen LogP contribution in [0.3, 0.4) is 0 Å². The first kappa shape index (κ1) is 13.7. The number of nitrogens with zero attached hydrogens (tertiary/aromatic N) is 2. The van der Waals surface area contributed by atoms with Crippen LogP contribution >= 0.6 is 0 Å². The Balaban J connectivity index is 2.00. The molecule has 2 amide bonds. The van der Waals surface area contributed by atoms with Gasteiger partial charge in [0.25, 0.3) is 0 Å². The largest absolute Gasteiger partial charge is 0.330 e. The molecule has 1 unspecified atom stereocenters. The first-order valence-electron chi connectivity index (χ1n) is 7.16. The van der Waals surface area contributed by atoms with Gasteiger partial charge in [-0.25, -0.2) is 4.79 Å². The van der Waals surface area contributed by atoms with Crippen molar-refractivity contribution in [2.24, 2.45) is 17.1 Å². The second-order valence-corrected chi connectivity index (χ2v) is 6.75. The van der Waals surface area contributed by atoms with E-state index in [1.807, 2.05) is 16.8 Å². The minimum atomic E-state index is 0.0149. The Bertz CT molecular complexity index is 310. The lowest BCUT2D eigenvalue weighted by Crippen LogP contribution is -2.40. The maximum Gasteiger partial charge on any atom is 0.320 e. The van der Waals surface area contributed by atoms with Crippen LogP contribution in [-0.4, -0.2) is 48.6 Å². The predicted octanol–water partition coefficient (Wildman–Crippen LogP) is 1.90. The molecule has 2 rings (SSSR count). The fraction of sp³-hybridized carbons (Fsp3) is 0.929. The molecule has 1 heterocycles. The average molecular weight is 253 g/mol. The highest BCUT2D eigenvalue weighted by Gasteiger charge is 2.41. The Hall–Kier alpha value is -0.770. The molecule has 4 nitrogen and oxygen atoms in total. The fourth-order valence-electron chi connectivity index (χ4n) is 3.31. The zero-order chi connectivity index (χ0) is 13.3. The predicted molar refractivity (Wildman–Crippen MR) is 73.3 cm³/mol. The number of carbonyl (C=O) groups is 1. The van der Waals surface area contributed by atoms with Crippen LogP contribution in [-0.2, 0) is 0 Å². The quantitative estimate of drug-likeness (QED) is 0.832. The van der Waals surface area contributed by atoms with Crippen molar-refractivity contribution in [3.8, 4) is 0 Å². The third kappa shape index (κ3) is 2.63. The number of amides is 2. The van der Waals surface area contributed by atoms with Crippen molar-refractivity contribution in [1.29, 1.82) is 0 Å². The zero-order valence-corrected chi connectivity index (χ0v) is 12.0. The summed E-state index contributed by atoms with van der Waals surface area (Å²) in [6, 6.07) is 0.613. The molecule has 0 bridgehead atoms. The smallest absolute Gasteiger partial charge is 0.320 e. The van der Waals surface area contributed by atoms with Gasteiger partial charge in [0.1, 0.15) is 0 Å². The van der Waals surface area contributed by atoms with Gasteiger partial charge in [-0.2, -0.15) is 0 Å². The van der Waals surface area contributed by atoms with Gasteiger partial charge in [0.05, 0.1) is 6.04 Å². The maximum absolute atomic E-state index is 12.3. The van der Waals surface area contributed by atoms with Gasteiger partial charge in [-0.1, -0.05) is 26.7 Å². The van der Waals surface area contributed by atoms with E-state index < -0.39 is 0 Å². The number of urea groups is 1. The molecule has 2 N–H and O–H groups in total. The summed E-state index contributed by atoms with van der Waals surface area (Å²) >= 11 is 0. The Morgan fingerprint density at radius 1 is 1.33 bits per heavy atom. The van der Waals surface area contributed by atoms with Crippen LogP contribution in [0.2, 0.25) is 0 Å². The van der Waals surface area contributed by atoms with Crippen LogP contribution in [0.5, 0.6) is 0 Å². The lowest BCUT2D eigenvalue weighted by Gasteiger charge is -2.28. The highest BCUT2D eigenvalue weighted by atomic mass is 16.2. The van der Waals surface area contributed by atoms with E-state index >= 15 is 0 Å². The number of hydrogen-bond acceptors (Lipinski definition) is 2. The fourth-order valence-corrected chi connectivity index (χ4v) is 3.31. The molecule has 2 aliphatic rings. The van der Waals surface area contributed by atoms with Crippen molar-refractivity contribution in [3.05, 3.63) is 0 Å². The lowest BCUT2D eigenvalue weighted by atomic mass is 9.92. The molecule has 1 saturated heterocycles. The van der Waals surface area contributed by atoms with E-state index in [1.165, 1.54) is 25.7 Å². The Kier molecular flexibility index (Phi) is 3.85. The van der Waals surface area contributed by atoms with E-state index in [4.69, 9.17) is 5.73 Å². The molecule has 1 atom stereocenters. The summed E-state index contributed by atoms with van der Waals surface area (Å²) in [5.74, 6) is 0.713. The van der Waals surface area contributed by atoms with Crippen LogP contribution in [0.25, 0.3) is 0 Å². The van der Waals surface area contributed by atoms with E-state index in [0.29, 0.717) is 18.5 Å². The molecule has 1 aliphatic heterocycles. The zero-order valence-electron chi connectivity index (χ0n) is 12.0. The minimum absolute atomic E-state index is 0.0149. The molecule has 1 saturated carbocycles. The lowest BCUT2D eigenvalue weighted by molar-refractivity contribution is 0.176. The molecule has 1 aliphatic carbocycles. The minimum Gasteiger partial charge on any atom is -0.330 e. The molecule has 0 spiro atoms. The van der Waals surface area contributed by atoms with Crippen molar-refractivity contribution >= 4 is 6.03 Å². The molecule has 0 radical (unpaired) electrons. The van der Waals surface area contributed by atoms with Gasteiger partial charge < -0.3 is 15.5 Å². The van der Waals surface area contributed by atoms with Gasteiger partial charge in [-0.05, 0) is 30.7 Å². The van der Waals surface area contributed by atoms with E-state index in [-0.39, 0.29) is 11.4 Å². The van der Waals surface area contributed by atoms with Crippen molar-refractivity contribution in [2.75, 3.05) is 26.7 Å². The van der Waals surface area contributed by atoms with Gasteiger partial charge in [0, 0.05) is 20.1 Å². The summed E-state index contributed by atoms with van der Waals surface area (Å²) in [6.45, 7) is 6.54. The van der Waals surface area contributed by atoms with E-state index in [1.54, 1.807) is 0 Å². The van der Waals surface area contributed by atoms with Gasteiger partial charge in [-0.3, -0.25) is 0 Å². The second-order valence-electron chi connectivity index (χ2n) is 6.75. The van der Waals surface area contributed by atoms with Crippen molar-refractivity contribution in [2.45, 2.75) is 45.6 Å². The third-order valence-corrected chi connectivity index (χ3v) is 4.59. The van der Waals surface area contributed by atoms with E-state index in [2.05, 4.69) is 13.8 Å². The molecule has 0 aromatic carbocycles. The van der Waals surface area contributed by atoms with Crippen molar-refractivity contribution in [1.82, 2.24) is 9.80 Å². The molecular weight excluding hydrogens is 226 g/mol. The topological polar surface area (TPSA) is 49.6 Å². The first-order chi connectivity index (χ1) is 8.44. The summed E-state index contributed by atoms with van der Waals surface area (Å²) in [7, 11) is 1.96. The normalized spacial score (nSPS) is 26.4. The van der Waals surface area contributed by atoms with Crippen LogP contribution in [0.1, 0.15) is 39.5 Å². The monoisotopic (exact) mass is 253 g/mol. The summed E-state index contributed by atoms with van der Waals surface area (Å²) < 4.78 is 0.